The largest absolute Gasteiger partial charge is 0.388 e. The Morgan fingerprint density at radius 1 is 1.17 bits per heavy atom. The predicted molar refractivity (Wildman–Crippen MR) is 85.2 cm³/mol. The molecule has 0 aliphatic heterocycles. The van der Waals surface area contributed by atoms with Crippen LogP contribution in [0.2, 0.25) is 0 Å². The van der Waals surface area contributed by atoms with E-state index >= 15 is 0 Å². The molecule has 0 aromatic heterocycles. The lowest BCUT2D eigenvalue weighted by Crippen LogP contribution is -2.30. The normalized spacial score (nSPS) is 13.3. The summed E-state index contributed by atoms with van der Waals surface area (Å²) in [4.78, 5) is 11.9. The van der Waals surface area contributed by atoms with E-state index in [0.29, 0.717) is 12.1 Å². The summed E-state index contributed by atoms with van der Waals surface area (Å²) in [5.41, 5.74) is 1.34. The molecule has 122 valence electrons. The number of ether oxygens (including phenoxy) is 1. The number of carbonyl (C=O) groups excluding carboxylic acids is 1. The zero-order valence-electron chi connectivity index (χ0n) is 12.9. The number of nitrogens with one attached hydrogen (secondary N) is 1. The number of benzene rings is 2. The van der Waals surface area contributed by atoms with Gasteiger partial charge in [-0.3, -0.25) is 4.79 Å². The highest BCUT2D eigenvalue weighted by Gasteiger charge is 2.16. The van der Waals surface area contributed by atoms with Gasteiger partial charge >= 0.3 is 0 Å². The van der Waals surface area contributed by atoms with Crippen molar-refractivity contribution >= 4 is 5.91 Å². The van der Waals surface area contributed by atoms with Gasteiger partial charge in [0.05, 0.1) is 18.6 Å². The minimum atomic E-state index is -1.04. The number of aliphatic hydroxyl groups excluding tert-OH is 1. The number of aliphatic hydroxyl groups is 1. The van der Waals surface area contributed by atoms with Crippen molar-refractivity contribution < 1.29 is 19.0 Å². The lowest BCUT2D eigenvalue weighted by atomic mass is 10.1. The van der Waals surface area contributed by atoms with Gasteiger partial charge in [-0.2, -0.15) is 0 Å². The highest BCUT2D eigenvalue weighted by Crippen LogP contribution is 2.18. The van der Waals surface area contributed by atoms with Crippen molar-refractivity contribution in [3.63, 3.8) is 0 Å². The van der Waals surface area contributed by atoms with E-state index in [1.807, 2.05) is 30.3 Å². The number of halogens is 1. The summed E-state index contributed by atoms with van der Waals surface area (Å²) in [7, 11) is 1.57. The average molecular weight is 317 g/mol. The highest BCUT2D eigenvalue weighted by molar-refractivity contribution is 5.76. The molecule has 2 unspecified atom stereocenters. The first-order valence-electron chi connectivity index (χ1n) is 7.38. The Morgan fingerprint density at radius 2 is 1.87 bits per heavy atom. The third kappa shape index (κ3) is 5.16. The monoisotopic (exact) mass is 317 g/mol. The van der Waals surface area contributed by atoms with Crippen LogP contribution in [0.15, 0.2) is 54.6 Å². The van der Waals surface area contributed by atoms with Crippen molar-refractivity contribution in [1.29, 1.82) is 0 Å². The molecule has 0 radical (unpaired) electrons. The summed E-state index contributed by atoms with van der Waals surface area (Å²) >= 11 is 0. The molecular formula is C18H20FNO3. The van der Waals surface area contributed by atoms with Crippen molar-refractivity contribution in [3.05, 3.63) is 71.5 Å². The van der Waals surface area contributed by atoms with Gasteiger partial charge in [0.15, 0.2) is 0 Å². The standard InChI is InChI=1S/C18H20FNO3/c1-23-17(13-6-3-2-4-7-13)12-20-18(22)11-16(21)14-8-5-9-15(19)10-14/h2-10,16-17,21H,11-12H2,1H3,(H,20,22). The number of carbonyl (C=O) groups is 1. The fourth-order valence-electron chi connectivity index (χ4n) is 2.29. The van der Waals surface area contributed by atoms with Crippen LogP contribution in [-0.4, -0.2) is 24.7 Å². The zero-order valence-corrected chi connectivity index (χ0v) is 12.9. The van der Waals surface area contributed by atoms with Crippen LogP contribution in [0.4, 0.5) is 4.39 Å². The zero-order chi connectivity index (χ0) is 16.7. The lowest BCUT2D eigenvalue weighted by Gasteiger charge is -2.17. The number of hydrogen-bond donors (Lipinski definition) is 2. The maximum Gasteiger partial charge on any atom is 0.223 e. The summed E-state index contributed by atoms with van der Waals surface area (Å²) < 4.78 is 18.5. The van der Waals surface area contributed by atoms with Crippen LogP contribution in [-0.2, 0) is 9.53 Å². The van der Waals surface area contributed by atoms with Crippen LogP contribution in [0.1, 0.15) is 29.8 Å². The Kier molecular flexibility index (Phi) is 6.26. The Hall–Kier alpha value is -2.24. The molecule has 2 atom stereocenters. The minimum absolute atomic E-state index is 0.130. The van der Waals surface area contributed by atoms with Crippen LogP contribution >= 0.6 is 0 Å². The molecule has 4 nitrogen and oxygen atoms in total. The first-order chi connectivity index (χ1) is 11.1. The van der Waals surface area contributed by atoms with E-state index in [9.17, 15) is 14.3 Å². The van der Waals surface area contributed by atoms with Gasteiger partial charge in [0.2, 0.25) is 5.91 Å². The first-order valence-corrected chi connectivity index (χ1v) is 7.38. The Labute approximate surface area is 134 Å². The number of methoxy groups -OCH3 is 1. The predicted octanol–water partition coefficient (Wildman–Crippen LogP) is 2.75. The van der Waals surface area contributed by atoms with E-state index in [1.165, 1.54) is 18.2 Å². The molecule has 0 bridgehead atoms. The van der Waals surface area contributed by atoms with E-state index in [2.05, 4.69) is 5.32 Å². The van der Waals surface area contributed by atoms with E-state index in [-0.39, 0.29) is 18.4 Å². The molecule has 0 saturated heterocycles. The van der Waals surface area contributed by atoms with Gasteiger partial charge < -0.3 is 15.2 Å². The van der Waals surface area contributed by atoms with Crippen molar-refractivity contribution in [2.45, 2.75) is 18.6 Å². The molecule has 2 aromatic rings. The Bertz CT molecular complexity index is 633. The highest BCUT2D eigenvalue weighted by atomic mass is 19.1. The van der Waals surface area contributed by atoms with Crippen molar-refractivity contribution in [2.75, 3.05) is 13.7 Å². The lowest BCUT2D eigenvalue weighted by molar-refractivity contribution is -0.123. The van der Waals surface area contributed by atoms with Crippen molar-refractivity contribution in [2.24, 2.45) is 0 Å². The summed E-state index contributed by atoms with van der Waals surface area (Å²) in [5.74, 6) is -0.759. The SMILES string of the molecule is COC(CNC(=O)CC(O)c1cccc(F)c1)c1ccccc1. The van der Waals surface area contributed by atoms with E-state index in [0.717, 1.165) is 5.56 Å². The molecular weight excluding hydrogens is 297 g/mol. The van der Waals surface area contributed by atoms with Crippen LogP contribution in [0.5, 0.6) is 0 Å². The average Bonchev–Trinajstić information content (AvgIpc) is 2.56. The van der Waals surface area contributed by atoms with Crippen LogP contribution in [0.25, 0.3) is 0 Å². The second kappa shape index (κ2) is 8.41. The van der Waals surface area contributed by atoms with Gasteiger partial charge in [-0.05, 0) is 23.3 Å². The molecule has 0 saturated carbocycles. The molecule has 5 heteroatoms. The maximum absolute atomic E-state index is 13.1. The molecule has 23 heavy (non-hydrogen) atoms. The van der Waals surface area contributed by atoms with E-state index in [1.54, 1.807) is 13.2 Å². The summed E-state index contributed by atoms with van der Waals surface area (Å²) in [6, 6.07) is 15.1. The fraction of sp³-hybridized carbons (Fsp3) is 0.278. The van der Waals surface area contributed by atoms with E-state index in [4.69, 9.17) is 4.74 Å². The molecule has 2 N–H and O–H groups in total. The molecule has 0 spiro atoms. The Morgan fingerprint density at radius 3 is 2.52 bits per heavy atom. The topological polar surface area (TPSA) is 58.6 Å². The van der Waals surface area contributed by atoms with Crippen LogP contribution in [0, 0.1) is 5.82 Å². The summed E-state index contributed by atoms with van der Waals surface area (Å²) in [6.45, 7) is 0.301. The van der Waals surface area contributed by atoms with E-state index < -0.39 is 11.9 Å². The van der Waals surface area contributed by atoms with Crippen LogP contribution < -0.4 is 5.32 Å². The molecule has 2 aromatic carbocycles. The second-order valence-corrected chi connectivity index (χ2v) is 5.21. The van der Waals surface area contributed by atoms with Gasteiger partial charge in [-0.25, -0.2) is 4.39 Å². The second-order valence-electron chi connectivity index (χ2n) is 5.21. The third-order valence-electron chi connectivity index (χ3n) is 3.55. The summed E-state index contributed by atoms with van der Waals surface area (Å²) in [5, 5.41) is 12.7. The quantitative estimate of drug-likeness (QED) is 0.825. The Balaban J connectivity index is 1.87. The van der Waals surface area contributed by atoms with Crippen LogP contribution in [0.3, 0.4) is 0 Å². The van der Waals surface area contributed by atoms with Crippen molar-refractivity contribution in [1.82, 2.24) is 5.32 Å². The van der Waals surface area contributed by atoms with Gasteiger partial charge in [-0.15, -0.1) is 0 Å². The van der Waals surface area contributed by atoms with Gasteiger partial charge in [0.25, 0.3) is 0 Å². The summed E-state index contributed by atoms with van der Waals surface area (Å²) in [6.07, 6.45) is -1.43. The third-order valence-corrected chi connectivity index (χ3v) is 3.55. The van der Waals surface area contributed by atoms with Gasteiger partial charge in [-0.1, -0.05) is 42.5 Å². The fourth-order valence-corrected chi connectivity index (χ4v) is 2.29. The minimum Gasteiger partial charge on any atom is -0.388 e. The molecule has 1 amide bonds. The van der Waals surface area contributed by atoms with Gasteiger partial charge in [0, 0.05) is 13.7 Å². The number of rotatable bonds is 7. The van der Waals surface area contributed by atoms with Crippen molar-refractivity contribution in [3.8, 4) is 0 Å². The molecule has 0 aliphatic rings. The smallest absolute Gasteiger partial charge is 0.223 e. The molecule has 0 heterocycles. The first kappa shape index (κ1) is 17.1. The molecule has 2 rings (SSSR count). The number of hydrogen-bond acceptors (Lipinski definition) is 3. The molecule has 0 aliphatic carbocycles. The van der Waals surface area contributed by atoms with Gasteiger partial charge in [0.1, 0.15) is 5.82 Å². The molecule has 0 fully saturated rings. The number of amides is 1. The maximum atomic E-state index is 13.1.